The van der Waals surface area contributed by atoms with Crippen molar-refractivity contribution in [1.29, 1.82) is 0 Å². The summed E-state index contributed by atoms with van der Waals surface area (Å²) in [6.07, 6.45) is 7.04. The van der Waals surface area contributed by atoms with E-state index in [2.05, 4.69) is 20.8 Å². The van der Waals surface area contributed by atoms with E-state index >= 15 is 0 Å². The van der Waals surface area contributed by atoms with Crippen molar-refractivity contribution in [2.75, 3.05) is 20.2 Å². The summed E-state index contributed by atoms with van der Waals surface area (Å²) in [4.78, 5) is 2.56. The maximum Gasteiger partial charge on any atom is 0.172 e. The molecule has 1 saturated heterocycles. The lowest BCUT2D eigenvalue weighted by atomic mass is 9.75. The van der Waals surface area contributed by atoms with Crippen LogP contribution in [0.2, 0.25) is 0 Å². The Labute approximate surface area is 135 Å². The molecule has 0 aromatic heterocycles. The molecule has 21 heavy (non-hydrogen) atoms. The second-order valence-corrected chi connectivity index (χ2v) is 7.31. The average Bonchev–Trinajstić information content (AvgIpc) is 2.50. The number of hydrogen-bond donors (Lipinski definition) is 1. The number of piperidine rings is 1. The normalized spacial score (nSPS) is 26.4. The first-order valence-electron chi connectivity index (χ1n) is 7.95. The summed E-state index contributed by atoms with van der Waals surface area (Å²) < 4.78 is 5.96. The molecule has 4 heteroatoms. The molecule has 0 radical (unpaired) electrons. The Morgan fingerprint density at radius 1 is 1.24 bits per heavy atom. The molecule has 1 aromatic rings. The van der Waals surface area contributed by atoms with Crippen molar-refractivity contribution in [2.45, 2.75) is 38.6 Å². The van der Waals surface area contributed by atoms with Crippen molar-refractivity contribution < 1.29 is 9.84 Å². The number of phenolic OH excluding ortho intramolecular Hbond substituents is 1. The third-order valence-corrected chi connectivity index (χ3v) is 5.69. The van der Waals surface area contributed by atoms with Crippen molar-refractivity contribution in [3.63, 3.8) is 0 Å². The summed E-state index contributed by atoms with van der Waals surface area (Å²) in [5, 5.41) is 9.90. The molecule has 1 heterocycles. The first kappa shape index (κ1) is 15.2. The van der Waals surface area contributed by atoms with Crippen molar-refractivity contribution in [2.24, 2.45) is 11.8 Å². The number of benzene rings is 1. The van der Waals surface area contributed by atoms with Crippen LogP contribution >= 0.6 is 15.9 Å². The Kier molecular flexibility index (Phi) is 4.75. The van der Waals surface area contributed by atoms with Gasteiger partial charge in [-0.15, -0.1) is 0 Å². The van der Waals surface area contributed by atoms with Crippen LogP contribution in [-0.4, -0.2) is 30.2 Å². The Morgan fingerprint density at radius 3 is 2.76 bits per heavy atom. The number of fused-ring (bicyclic) bond motifs is 1. The minimum Gasteiger partial charge on any atom is -0.503 e. The van der Waals surface area contributed by atoms with Gasteiger partial charge in [-0.25, -0.2) is 0 Å². The highest BCUT2D eigenvalue weighted by atomic mass is 79.9. The minimum absolute atomic E-state index is 0.187. The summed E-state index contributed by atoms with van der Waals surface area (Å²) in [7, 11) is 1.60. The van der Waals surface area contributed by atoms with E-state index in [0.29, 0.717) is 10.2 Å². The van der Waals surface area contributed by atoms with Crippen LogP contribution < -0.4 is 4.74 Å². The van der Waals surface area contributed by atoms with E-state index < -0.39 is 0 Å². The first-order chi connectivity index (χ1) is 10.2. The second-order valence-electron chi connectivity index (χ2n) is 6.46. The Hall–Kier alpha value is -0.740. The highest BCUT2D eigenvalue weighted by Crippen LogP contribution is 2.38. The van der Waals surface area contributed by atoms with Crippen LogP contribution in [0.1, 0.15) is 37.7 Å². The van der Waals surface area contributed by atoms with Crippen molar-refractivity contribution in [3.8, 4) is 11.5 Å². The lowest BCUT2D eigenvalue weighted by Crippen LogP contribution is -2.41. The maximum absolute atomic E-state index is 9.90. The van der Waals surface area contributed by atoms with Crippen molar-refractivity contribution >= 4 is 15.9 Å². The number of methoxy groups -OCH3 is 1. The summed E-state index contributed by atoms with van der Waals surface area (Å²) in [6.45, 7) is 3.37. The zero-order valence-corrected chi connectivity index (χ0v) is 14.2. The Bertz CT molecular complexity index is 506. The zero-order valence-electron chi connectivity index (χ0n) is 12.6. The summed E-state index contributed by atoms with van der Waals surface area (Å²) in [5.41, 5.74) is 1.20. The predicted octanol–water partition coefficient (Wildman–Crippen LogP) is 4.18. The Morgan fingerprint density at radius 2 is 2.00 bits per heavy atom. The van der Waals surface area contributed by atoms with Crippen molar-refractivity contribution in [3.05, 3.63) is 22.2 Å². The van der Waals surface area contributed by atoms with Gasteiger partial charge >= 0.3 is 0 Å². The molecule has 116 valence electrons. The van der Waals surface area contributed by atoms with Gasteiger partial charge in [-0.2, -0.15) is 0 Å². The molecule has 1 saturated carbocycles. The fourth-order valence-corrected chi connectivity index (χ4v) is 4.44. The van der Waals surface area contributed by atoms with Crippen LogP contribution in [0.3, 0.4) is 0 Å². The topological polar surface area (TPSA) is 32.7 Å². The molecule has 2 fully saturated rings. The SMILES string of the molecule is COc1cc(CN2CCC3CCCCC3C2)cc(Br)c1O. The number of likely N-dealkylation sites (tertiary alicyclic amines) is 1. The number of halogens is 1. The van der Waals surface area contributed by atoms with Gasteiger partial charge in [0, 0.05) is 13.1 Å². The molecule has 0 spiro atoms. The van der Waals surface area contributed by atoms with Gasteiger partial charge in [-0.05, 0) is 64.8 Å². The molecule has 1 aromatic carbocycles. The van der Waals surface area contributed by atoms with Crippen LogP contribution in [-0.2, 0) is 6.54 Å². The Balaban J connectivity index is 1.68. The van der Waals surface area contributed by atoms with Gasteiger partial charge in [0.1, 0.15) is 0 Å². The zero-order chi connectivity index (χ0) is 14.8. The van der Waals surface area contributed by atoms with E-state index in [4.69, 9.17) is 4.74 Å². The first-order valence-corrected chi connectivity index (χ1v) is 8.74. The van der Waals surface area contributed by atoms with E-state index in [-0.39, 0.29) is 5.75 Å². The molecule has 0 bridgehead atoms. The number of nitrogens with zero attached hydrogens (tertiary/aromatic N) is 1. The van der Waals surface area contributed by atoms with E-state index in [1.54, 1.807) is 7.11 Å². The minimum atomic E-state index is 0.187. The molecule has 1 aliphatic heterocycles. The quantitative estimate of drug-likeness (QED) is 0.884. The van der Waals surface area contributed by atoms with Crippen molar-refractivity contribution in [1.82, 2.24) is 4.90 Å². The molecule has 1 N–H and O–H groups in total. The number of rotatable bonds is 3. The van der Waals surface area contributed by atoms with Gasteiger partial charge in [-0.1, -0.05) is 19.3 Å². The third-order valence-electron chi connectivity index (χ3n) is 5.09. The molecule has 2 unspecified atom stereocenters. The van der Waals surface area contributed by atoms with Crippen LogP contribution in [0.4, 0.5) is 0 Å². The fraction of sp³-hybridized carbons (Fsp3) is 0.647. The maximum atomic E-state index is 9.90. The average molecular weight is 354 g/mol. The molecule has 2 atom stereocenters. The predicted molar refractivity (Wildman–Crippen MR) is 87.7 cm³/mol. The number of phenols is 1. The largest absolute Gasteiger partial charge is 0.503 e. The third kappa shape index (κ3) is 3.37. The molecular weight excluding hydrogens is 330 g/mol. The second kappa shape index (κ2) is 6.57. The standard InChI is InChI=1S/C17H24BrNO2/c1-21-16-9-12(8-15(18)17(16)20)10-19-7-6-13-4-2-3-5-14(13)11-19/h8-9,13-14,20H,2-7,10-11H2,1H3. The summed E-state index contributed by atoms with van der Waals surface area (Å²) in [5.74, 6) is 2.60. The van der Waals surface area contributed by atoms with Gasteiger partial charge in [0.15, 0.2) is 11.5 Å². The monoisotopic (exact) mass is 353 g/mol. The highest BCUT2D eigenvalue weighted by Gasteiger charge is 2.31. The van der Waals surface area contributed by atoms with E-state index in [1.807, 2.05) is 12.1 Å². The lowest BCUT2D eigenvalue weighted by molar-refractivity contribution is 0.0820. The van der Waals surface area contributed by atoms with Crippen LogP contribution in [0.15, 0.2) is 16.6 Å². The van der Waals surface area contributed by atoms with Gasteiger partial charge in [0.05, 0.1) is 11.6 Å². The van der Waals surface area contributed by atoms with E-state index in [9.17, 15) is 5.11 Å². The molecule has 1 aliphatic carbocycles. The van der Waals surface area contributed by atoms with E-state index in [1.165, 1.54) is 50.8 Å². The smallest absolute Gasteiger partial charge is 0.172 e. The molecular formula is C17H24BrNO2. The van der Waals surface area contributed by atoms with Crippen LogP contribution in [0.25, 0.3) is 0 Å². The summed E-state index contributed by atoms with van der Waals surface area (Å²) >= 11 is 3.41. The molecule has 3 nitrogen and oxygen atoms in total. The highest BCUT2D eigenvalue weighted by molar-refractivity contribution is 9.10. The molecule has 3 rings (SSSR count). The van der Waals surface area contributed by atoms with Gasteiger partial charge < -0.3 is 9.84 Å². The van der Waals surface area contributed by atoms with Gasteiger partial charge in [0.2, 0.25) is 0 Å². The van der Waals surface area contributed by atoms with Crippen LogP contribution in [0.5, 0.6) is 11.5 Å². The fourth-order valence-electron chi connectivity index (χ4n) is 3.95. The van der Waals surface area contributed by atoms with E-state index in [0.717, 1.165) is 18.4 Å². The lowest BCUT2D eigenvalue weighted by Gasteiger charge is -2.41. The van der Waals surface area contributed by atoms with Crippen LogP contribution in [0, 0.1) is 11.8 Å². The number of hydrogen-bond acceptors (Lipinski definition) is 3. The molecule has 2 aliphatic rings. The number of aromatic hydroxyl groups is 1. The van der Waals surface area contributed by atoms with Gasteiger partial charge in [0.25, 0.3) is 0 Å². The number of ether oxygens (including phenoxy) is 1. The summed E-state index contributed by atoms with van der Waals surface area (Å²) in [6, 6.07) is 3.96. The van der Waals surface area contributed by atoms with Gasteiger partial charge in [-0.3, -0.25) is 4.90 Å². The molecule has 0 amide bonds.